The van der Waals surface area contributed by atoms with Crippen molar-refractivity contribution >= 4 is 5.97 Å². The standard InChI is InChI=1S/C14H17NO4/c1-17-14(16)13(10-4-5-15-7-10)9-2-3-11-12(6-9)19-8-18-11/h2-3,6,10,13,15H,4-5,7-8H2,1H3. The second-order valence-corrected chi connectivity index (χ2v) is 4.87. The molecule has 2 aliphatic rings. The molecule has 0 aliphatic carbocycles. The van der Waals surface area contributed by atoms with E-state index in [2.05, 4.69) is 5.32 Å². The molecule has 1 aromatic rings. The van der Waals surface area contributed by atoms with Crippen LogP contribution < -0.4 is 14.8 Å². The van der Waals surface area contributed by atoms with Crippen LogP contribution in [0.1, 0.15) is 17.9 Å². The van der Waals surface area contributed by atoms with Crippen LogP contribution in [0, 0.1) is 5.92 Å². The molecule has 1 aromatic carbocycles. The molecule has 0 radical (unpaired) electrons. The van der Waals surface area contributed by atoms with Crippen molar-refractivity contribution in [1.29, 1.82) is 0 Å². The summed E-state index contributed by atoms with van der Waals surface area (Å²) in [6.45, 7) is 2.03. The fourth-order valence-electron chi connectivity index (χ4n) is 2.80. The third-order valence-corrected chi connectivity index (χ3v) is 3.78. The monoisotopic (exact) mass is 263 g/mol. The number of methoxy groups -OCH3 is 1. The Morgan fingerprint density at radius 1 is 1.42 bits per heavy atom. The van der Waals surface area contributed by atoms with Gasteiger partial charge in [0, 0.05) is 0 Å². The van der Waals surface area contributed by atoms with Gasteiger partial charge in [0.05, 0.1) is 13.0 Å². The SMILES string of the molecule is COC(=O)C(c1ccc2c(c1)OCO2)C1CCNC1. The van der Waals surface area contributed by atoms with E-state index in [0.29, 0.717) is 5.75 Å². The van der Waals surface area contributed by atoms with E-state index in [1.807, 2.05) is 18.2 Å². The number of esters is 1. The lowest BCUT2D eigenvalue weighted by Crippen LogP contribution is -2.24. The van der Waals surface area contributed by atoms with Crippen molar-refractivity contribution in [2.75, 3.05) is 27.0 Å². The predicted octanol–water partition coefficient (Wildman–Crippen LogP) is 1.28. The van der Waals surface area contributed by atoms with E-state index in [9.17, 15) is 4.79 Å². The normalized spacial score (nSPS) is 22.3. The summed E-state index contributed by atoms with van der Waals surface area (Å²) in [7, 11) is 1.44. The zero-order valence-electron chi connectivity index (χ0n) is 10.8. The molecule has 5 heteroatoms. The Hall–Kier alpha value is -1.75. The molecule has 3 rings (SSSR count). The molecule has 0 amide bonds. The lowest BCUT2D eigenvalue weighted by molar-refractivity contribution is -0.143. The van der Waals surface area contributed by atoms with Gasteiger partial charge in [-0.15, -0.1) is 0 Å². The molecular formula is C14H17NO4. The number of hydrogen-bond acceptors (Lipinski definition) is 5. The molecule has 0 aromatic heterocycles. The van der Waals surface area contributed by atoms with Crippen LogP contribution in [-0.2, 0) is 9.53 Å². The zero-order chi connectivity index (χ0) is 13.2. The van der Waals surface area contributed by atoms with Gasteiger partial charge in [-0.2, -0.15) is 0 Å². The summed E-state index contributed by atoms with van der Waals surface area (Å²) in [5, 5.41) is 3.29. The van der Waals surface area contributed by atoms with E-state index >= 15 is 0 Å². The van der Waals surface area contributed by atoms with Gasteiger partial charge in [0.1, 0.15) is 0 Å². The van der Waals surface area contributed by atoms with Gasteiger partial charge in [-0.05, 0) is 43.1 Å². The first kappa shape index (κ1) is 12.3. The average molecular weight is 263 g/mol. The Balaban J connectivity index is 1.92. The molecule has 19 heavy (non-hydrogen) atoms. The highest BCUT2D eigenvalue weighted by Crippen LogP contribution is 2.38. The number of hydrogen-bond donors (Lipinski definition) is 1. The summed E-state index contributed by atoms with van der Waals surface area (Å²) in [6.07, 6.45) is 0.980. The van der Waals surface area contributed by atoms with Crippen LogP contribution in [0.2, 0.25) is 0 Å². The van der Waals surface area contributed by atoms with E-state index in [1.165, 1.54) is 7.11 Å². The van der Waals surface area contributed by atoms with Gasteiger partial charge in [-0.3, -0.25) is 4.79 Å². The van der Waals surface area contributed by atoms with Gasteiger partial charge in [-0.1, -0.05) is 6.07 Å². The van der Waals surface area contributed by atoms with Crippen molar-refractivity contribution in [2.45, 2.75) is 12.3 Å². The Bertz CT molecular complexity index is 482. The van der Waals surface area contributed by atoms with E-state index in [1.54, 1.807) is 0 Å². The maximum Gasteiger partial charge on any atom is 0.313 e. The number of carbonyl (C=O) groups is 1. The quantitative estimate of drug-likeness (QED) is 0.833. The van der Waals surface area contributed by atoms with Crippen molar-refractivity contribution in [3.05, 3.63) is 23.8 Å². The molecule has 1 saturated heterocycles. The zero-order valence-corrected chi connectivity index (χ0v) is 10.8. The molecule has 1 fully saturated rings. The molecule has 2 atom stereocenters. The largest absolute Gasteiger partial charge is 0.469 e. The van der Waals surface area contributed by atoms with Crippen LogP contribution in [0.3, 0.4) is 0 Å². The van der Waals surface area contributed by atoms with Gasteiger partial charge in [-0.25, -0.2) is 0 Å². The summed E-state index contributed by atoms with van der Waals surface area (Å²) in [5.74, 6) is 1.28. The Morgan fingerprint density at radius 3 is 3.00 bits per heavy atom. The van der Waals surface area contributed by atoms with Gasteiger partial charge in [0.25, 0.3) is 0 Å². The number of carbonyl (C=O) groups excluding carboxylic acids is 1. The molecule has 1 N–H and O–H groups in total. The minimum Gasteiger partial charge on any atom is -0.469 e. The van der Waals surface area contributed by atoms with Crippen molar-refractivity contribution in [2.24, 2.45) is 5.92 Å². The third-order valence-electron chi connectivity index (χ3n) is 3.78. The van der Waals surface area contributed by atoms with Crippen LogP contribution >= 0.6 is 0 Å². The van der Waals surface area contributed by atoms with Gasteiger partial charge in [0.2, 0.25) is 6.79 Å². The molecule has 0 bridgehead atoms. The van der Waals surface area contributed by atoms with Crippen LogP contribution in [-0.4, -0.2) is 33.0 Å². The number of nitrogens with one attached hydrogen (secondary N) is 1. The van der Waals surface area contributed by atoms with Crippen molar-refractivity contribution in [1.82, 2.24) is 5.32 Å². The maximum absolute atomic E-state index is 12.1. The van der Waals surface area contributed by atoms with Crippen molar-refractivity contribution < 1.29 is 19.0 Å². The molecule has 102 valence electrons. The topological polar surface area (TPSA) is 56.8 Å². The second-order valence-electron chi connectivity index (χ2n) is 4.87. The molecule has 0 spiro atoms. The van der Waals surface area contributed by atoms with E-state index in [4.69, 9.17) is 14.2 Å². The van der Waals surface area contributed by atoms with Crippen molar-refractivity contribution in [3.8, 4) is 11.5 Å². The van der Waals surface area contributed by atoms with Gasteiger partial charge < -0.3 is 19.5 Å². The minimum absolute atomic E-state index is 0.187. The Labute approximate surface area is 111 Å². The van der Waals surface area contributed by atoms with E-state index in [-0.39, 0.29) is 24.6 Å². The number of rotatable bonds is 3. The lowest BCUT2D eigenvalue weighted by Gasteiger charge is -2.21. The summed E-state index contributed by atoms with van der Waals surface area (Å²) in [6, 6.07) is 5.67. The highest BCUT2D eigenvalue weighted by molar-refractivity contribution is 5.79. The Kier molecular flexibility index (Phi) is 3.29. The maximum atomic E-state index is 12.1. The summed E-state index contributed by atoms with van der Waals surface area (Å²) in [5.41, 5.74) is 0.935. The van der Waals surface area contributed by atoms with Crippen LogP contribution in [0.5, 0.6) is 11.5 Å². The van der Waals surface area contributed by atoms with Gasteiger partial charge in [0.15, 0.2) is 11.5 Å². The van der Waals surface area contributed by atoms with E-state index < -0.39 is 0 Å². The second kappa shape index (κ2) is 5.09. The highest BCUT2D eigenvalue weighted by atomic mass is 16.7. The first-order valence-corrected chi connectivity index (χ1v) is 6.47. The fourth-order valence-corrected chi connectivity index (χ4v) is 2.80. The smallest absolute Gasteiger partial charge is 0.313 e. The highest BCUT2D eigenvalue weighted by Gasteiger charge is 2.33. The summed E-state index contributed by atoms with van der Waals surface area (Å²) < 4.78 is 15.6. The molecule has 2 unspecified atom stereocenters. The number of fused-ring (bicyclic) bond motifs is 1. The molecule has 0 saturated carbocycles. The first-order valence-electron chi connectivity index (χ1n) is 6.47. The third kappa shape index (κ3) is 2.26. The average Bonchev–Trinajstić information content (AvgIpc) is 3.08. The van der Waals surface area contributed by atoms with E-state index in [0.717, 1.165) is 30.8 Å². The van der Waals surface area contributed by atoms with Gasteiger partial charge >= 0.3 is 5.97 Å². The molecular weight excluding hydrogens is 246 g/mol. The first-order chi connectivity index (χ1) is 9.29. The van der Waals surface area contributed by atoms with Crippen molar-refractivity contribution in [3.63, 3.8) is 0 Å². The number of benzene rings is 1. The minimum atomic E-state index is -0.241. The predicted molar refractivity (Wildman–Crippen MR) is 68.3 cm³/mol. The Morgan fingerprint density at radius 2 is 2.26 bits per heavy atom. The number of ether oxygens (including phenoxy) is 3. The molecule has 2 aliphatic heterocycles. The van der Waals surface area contributed by atoms with Crippen LogP contribution in [0.25, 0.3) is 0 Å². The molecule has 2 heterocycles. The fraction of sp³-hybridized carbons (Fsp3) is 0.500. The van der Waals surface area contributed by atoms with Crippen LogP contribution in [0.15, 0.2) is 18.2 Å². The summed E-state index contributed by atoms with van der Waals surface area (Å²) >= 11 is 0. The lowest BCUT2D eigenvalue weighted by atomic mass is 9.85. The van der Waals surface area contributed by atoms with Crippen LogP contribution in [0.4, 0.5) is 0 Å². The molecule has 5 nitrogen and oxygen atoms in total. The summed E-state index contributed by atoms with van der Waals surface area (Å²) in [4.78, 5) is 12.1.